The Hall–Kier alpha value is -1.73. The minimum Gasteiger partial charge on any atom is -0.332 e. The van der Waals surface area contributed by atoms with Crippen LogP contribution in [0.1, 0.15) is 31.1 Å². The minimum atomic E-state index is -0.209. The van der Waals surface area contributed by atoms with Gasteiger partial charge in [0, 0.05) is 19.8 Å². The van der Waals surface area contributed by atoms with Crippen LogP contribution in [0.2, 0.25) is 0 Å². The third-order valence-electron chi connectivity index (χ3n) is 3.72. The maximum atomic E-state index is 6.18. The number of piperidine rings is 1. The molecular formula is C13H20N6O. The summed E-state index contributed by atoms with van der Waals surface area (Å²) in [6.45, 7) is 3.00. The molecule has 0 aliphatic carbocycles. The summed E-state index contributed by atoms with van der Waals surface area (Å²) in [6.07, 6.45) is 5.52. The Morgan fingerprint density at radius 3 is 2.85 bits per heavy atom. The second-order valence-corrected chi connectivity index (χ2v) is 5.27. The zero-order valence-corrected chi connectivity index (χ0v) is 11.7. The van der Waals surface area contributed by atoms with Gasteiger partial charge in [-0.2, -0.15) is 10.1 Å². The molecule has 0 aromatic carbocycles. The summed E-state index contributed by atoms with van der Waals surface area (Å²) < 4.78 is 6.98. The second-order valence-electron chi connectivity index (χ2n) is 5.27. The minimum absolute atomic E-state index is 0.209. The predicted octanol–water partition coefficient (Wildman–Crippen LogP) is 0.956. The average Bonchev–Trinajstić information content (AvgIpc) is 3.08. The van der Waals surface area contributed by atoms with Gasteiger partial charge in [0.15, 0.2) is 5.82 Å². The molecule has 1 aliphatic rings. The maximum absolute atomic E-state index is 6.18. The van der Waals surface area contributed by atoms with Crippen LogP contribution in [-0.2, 0) is 7.05 Å². The molecule has 108 valence electrons. The number of aryl methyl sites for hydroxylation is 1. The van der Waals surface area contributed by atoms with Crippen molar-refractivity contribution in [3.63, 3.8) is 0 Å². The Morgan fingerprint density at radius 2 is 2.15 bits per heavy atom. The van der Waals surface area contributed by atoms with Crippen molar-refractivity contribution < 1.29 is 4.52 Å². The summed E-state index contributed by atoms with van der Waals surface area (Å²) >= 11 is 0. The number of nitrogens with two attached hydrogens (primary N) is 1. The van der Waals surface area contributed by atoms with E-state index < -0.39 is 0 Å². The average molecular weight is 276 g/mol. The highest BCUT2D eigenvalue weighted by Crippen LogP contribution is 2.19. The molecule has 3 rings (SSSR count). The van der Waals surface area contributed by atoms with Gasteiger partial charge in [-0.25, -0.2) is 0 Å². The van der Waals surface area contributed by atoms with E-state index >= 15 is 0 Å². The SMILES string of the molecule is Cn1nccc1-c1nc(C(N)CN2CCCCC2)no1. The van der Waals surface area contributed by atoms with Crippen LogP contribution in [0.3, 0.4) is 0 Å². The number of nitrogens with zero attached hydrogens (tertiary/aromatic N) is 5. The molecule has 0 amide bonds. The number of rotatable bonds is 4. The van der Waals surface area contributed by atoms with Gasteiger partial charge in [0.25, 0.3) is 5.89 Å². The van der Waals surface area contributed by atoms with Crippen molar-refractivity contribution in [2.24, 2.45) is 12.8 Å². The Kier molecular flexibility index (Phi) is 3.79. The second kappa shape index (κ2) is 5.72. The van der Waals surface area contributed by atoms with Crippen molar-refractivity contribution in [3.05, 3.63) is 18.1 Å². The highest BCUT2D eigenvalue weighted by atomic mass is 16.5. The summed E-state index contributed by atoms with van der Waals surface area (Å²) in [4.78, 5) is 6.76. The van der Waals surface area contributed by atoms with Gasteiger partial charge >= 0.3 is 0 Å². The first kappa shape index (κ1) is 13.3. The third kappa shape index (κ3) is 2.73. The topological polar surface area (TPSA) is 86.0 Å². The van der Waals surface area contributed by atoms with Gasteiger partial charge in [-0.05, 0) is 32.0 Å². The van der Waals surface area contributed by atoms with E-state index in [1.54, 1.807) is 10.9 Å². The summed E-state index contributed by atoms with van der Waals surface area (Å²) in [6, 6.07) is 1.63. The van der Waals surface area contributed by atoms with Crippen molar-refractivity contribution >= 4 is 0 Å². The van der Waals surface area contributed by atoms with Crippen LogP contribution < -0.4 is 5.73 Å². The molecule has 0 spiro atoms. The molecule has 2 N–H and O–H groups in total. The molecule has 20 heavy (non-hydrogen) atoms. The van der Waals surface area contributed by atoms with Gasteiger partial charge in [0.2, 0.25) is 0 Å². The van der Waals surface area contributed by atoms with Crippen molar-refractivity contribution in [1.82, 2.24) is 24.8 Å². The predicted molar refractivity (Wildman–Crippen MR) is 73.7 cm³/mol. The van der Waals surface area contributed by atoms with Gasteiger partial charge in [0.1, 0.15) is 5.69 Å². The summed E-state index contributed by atoms with van der Waals surface area (Å²) in [5, 5.41) is 8.09. The molecule has 2 aromatic rings. The number of likely N-dealkylation sites (tertiary alicyclic amines) is 1. The van der Waals surface area contributed by atoms with Crippen LogP contribution in [0, 0.1) is 0 Å². The molecule has 1 atom stereocenters. The fourth-order valence-electron chi connectivity index (χ4n) is 2.58. The zero-order chi connectivity index (χ0) is 13.9. The largest absolute Gasteiger partial charge is 0.332 e. The molecule has 7 heteroatoms. The van der Waals surface area contributed by atoms with Crippen molar-refractivity contribution in [2.45, 2.75) is 25.3 Å². The molecule has 1 fully saturated rings. The lowest BCUT2D eigenvalue weighted by Crippen LogP contribution is -2.36. The lowest BCUT2D eigenvalue weighted by atomic mass is 10.1. The van der Waals surface area contributed by atoms with Crippen LogP contribution in [-0.4, -0.2) is 44.5 Å². The lowest BCUT2D eigenvalue weighted by molar-refractivity contribution is 0.213. The zero-order valence-electron chi connectivity index (χ0n) is 11.7. The van der Waals surface area contributed by atoms with E-state index in [-0.39, 0.29) is 6.04 Å². The first-order valence-electron chi connectivity index (χ1n) is 7.04. The van der Waals surface area contributed by atoms with Gasteiger partial charge < -0.3 is 15.2 Å². The number of aromatic nitrogens is 4. The van der Waals surface area contributed by atoms with Gasteiger partial charge in [0.05, 0.1) is 6.04 Å². The van der Waals surface area contributed by atoms with Crippen LogP contribution in [0.5, 0.6) is 0 Å². The molecule has 0 saturated carbocycles. The molecule has 1 saturated heterocycles. The molecule has 1 aliphatic heterocycles. The van der Waals surface area contributed by atoms with E-state index in [9.17, 15) is 0 Å². The summed E-state index contributed by atoms with van der Waals surface area (Å²) in [5.74, 6) is 1.03. The smallest absolute Gasteiger partial charge is 0.276 e. The quantitative estimate of drug-likeness (QED) is 0.895. The van der Waals surface area contributed by atoms with Gasteiger partial charge in [-0.1, -0.05) is 11.6 Å². The van der Waals surface area contributed by atoms with E-state index in [2.05, 4.69) is 20.1 Å². The lowest BCUT2D eigenvalue weighted by Gasteiger charge is -2.27. The van der Waals surface area contributed by atoms with Crippen molar-refractivity contribution in [3.8, 4) is 11.6 Å². The molecule has 3 heterocycles. The van der Waals surface area contributed by atoms with Crippen LogP contribution in [0.15, 0.2) is 16.8 Å². The standard InChI is InChI=1S/C13H20N6O/c1-18-11(5-6-15-18)13-16-12(17-20-13)10(14)9-19-7-3-2-4-8-19/h5-6,10H,2-4,7-9,14H2,1H3. The maximum Gasteiger partial charge on any atom is 0.276 e. The Bertz CT molecular complexity index is 557. The molecule has 2 aromatic heterocycles. The first-order chi connectivity index (χ1) is 9.74. The summed E-state index contributed by atoms with van der Waals surface area (Å²) in [5.41, 5.74) is 6.98. The molecule has 0 bridgehead atoms. The van der Waals surface area contributed by atoms with Crippen molar-refractivity contribution in [2.75, 3.05) is 19.6 Å². The highest BCUT2D eigenvalue weighted by Gasteiger charge is 2.20. The van der Waals surface area contributed by atoms with Gasteiger partial charge in [-0.3, -0.25) is 4.68 Å². The fourth-order valence-corrected chi connectivity index (χ4v) is 2.58. The summed E-state index contributed by atoms with van der Waals surface area (Å²) in [7, 11) is 1.84. The monoisotopic (exact) mass is 276 g/mol. The number of hydrogen-bond donors (Lipinski definition) is 1. The van der Waals surface area contributed by atoms with E-state index in [0.29, 0.717) is 11.7 Å². The van der Waals surface area contributed by atoms with E-state index in [0.717, 1.165) is 25.3 Å². The van der Waals surface area contributed by atoms with E-state index in [1.165, 1.54) is 19.3 Å². The van der Waals surface area contributed by atoms with E-state index in [4.69, 9.17) is 10.3 Å². The molecule has 7 nitrogen and oxygen atoms in total. The normalized spacial score (nSPS) is 18.3. The number of hydrogen-bond acceptors (Lipinski definition) is 6. The Morgan fingerprint density at radius 1 is 1.35 bits per heavy atom. The van der Waals surface area contributed by atoms with Gasteiger partial charge in [-0.15, -0.1) is 0 Å². The Labute approximate surface area is 117 Å². The Balaban J connectivity index is 1.68. The fraction of sp³-hybridized carbons (Fsp3) is 0.615. The molecule has 1 unspecified atom stereocenters. The van der Waals surface area contributed by atoms with Crippen molar-refractivity contribution in [1.29, 1.82) is 0 Å². The highest BCUT2D eigenvalue weighted by molar-refractivity contribution is 5.45. The van der Waals surface area contributed by atoms with Crippen LogP contribution in [0.4, 0.5) is 0 Å². The van der Waals surface area contributed by atoms with E-state index in [1.807, 2.05) is 13.1 Å². The third-order valence-corrected chi connectivity index (χ3v) is 3.72. The van der Waals surface area contributed by atoms with Crippen LogP contribution >= 0.6 is 0 Å². The molecular weight excluding hydrogens is 256 g/mol. The first-order valence-corrected chi connectivity index (χ1v) is 7.04. The van der Waals surface area contributed by atoms with Crippen LogP contribution in [0.25, 0.3) is 11.6 Å². The molecule has 0 radical (unpaired) electrons.